The summed E-state index contributed by atoms with van der Waals surface area (Å²) in [6.07, 6.45) is 5.58. The third-order valence-electron chi connectivity index (χ3n) is 7.27. The van der Waals surface area contributed by atoms with Gasteiger partial charge >= 0.3 is 5.97 Å². The van der Waals surface area contributed by atoms with Crippen molar-refractivity contribution in [2.45, 2.75) is 84.0 Å². The number of carbonyl (C=O) groups excluding carboxylic acids is 1. The van der Waals surface area contributed by atoms with Crippen molar-refractivity contribution < 1.29 is 14.0 Å². The summed E-state index contributed by atoms with van der Waals surface area (Å²) < 4.78 is 12.5. The Morgan fingerprint density at radius 3 is 2.62 bits per heavy atom. The topological polar surface area (TPSA) is 35.5 Å². The second-order valence-electron chi connectivity index (χ2n) is 10.3. The van der Waals surface area contributed by atoms with E-state index in [1.165, 1.54) is 17.2 Å². The van der Waals surface area contributed by atoms with Crippen molar-refractivity contribution in [2.75, 3.05) is 6.61 Å². The smallest absolute Gasteiger partial charge is 0.338 e. The summed E-state index contributed by atoms with van der Waals surface area (Å²) in [6.45, 7) is 16.1. The normalized spacial score (nSPS) is 26.4. The second kappa shape index (κ2) is 7.57. The largest absolute Gasteiger partial charge is 0.462 e. The van der Waals surface area contributed by atoms with Crippen molar-refractivity contribution in [1.29, 1.82) is 0 Å². The number of rotatable bonds is 4. The molecular weight excluding hydrogens is 376 g/mol. The first kappa shape index (κ1) is 22.1. The van der Waals surface area contributed by atoms with Gasteiger partial charge in [-0.05, 0) is 61.9 Å². The van der Waals surface area contributed by atoms with E-state index >= 15 is 0 Å². The summed E-state index contributed by atoms with van der Waals surface area (Å²) in [6, 6.07) is 8.70. The van der Waals surface area contributed by atoms with Crippen molar-refractivity contribution in [2.24, 2.45) is 5.41 Å². The fourth-order valence-electron chi connectivity index (χ4n) is 4.79. The molecule has 158 valence electrons. The highest BCUT2D eigenvalue weighted by Gasteiger charge is 2.62. The Labute approximate surface area is 177 Å². The maximum Gasteiger partial charge on any atom is 0.338 e. The van der Waals surface area contributed by atoms with Gasteiger partial charge in [0.05, 0.1) is 12.7 Å². The van der Waals surface area contributed by atoms with Gasteiger partial charge in [0.1, 0.15) is 5.60 Å². The molecule has 2 atom stereocenters. The number of esters is 1. The quantitative estimate of drug-likeness (QED) is 0.252. The summed E-state index contributed by atoms with van der Waals surface area (Å²) in [4.78, 5) is 12.1. The Morgan fingerprint density at radius 2 is 1.97 bits per heavy atom. The molecular formula is C25H36O3Si. The second-order valence-corrected chi connectivity index (χ2v) is 15.0. The molecule has 1 fully saturated rings. The van der Waals surface area contributed by atoms with Gasteiger partial charge in [0.2, 0.25) is 0 Å². The Hall–Kier alpha value is -1.61. The van der Waals surface area contributed by atoms with Crippen LogP contribution in [-0.4, -0.2) is 20.9 Å². The summed E-state index contributed by atoms with van der Waals surface area (Å²) in [5, 5.41) is 0.0909. The van der Waals surface area contributed by atoms with Crippen molar-refractivity contribution in [3.63, 3.8) is 0 Å². The molecule has 0 unspecified atom stereocenters. The first-order valence-corrected chi connectivity index (χ1v) is 13.8. The molecule has 0 aromatic heterocycles. The van der Waals surface area contributed by atoms with Crippen LogP contribution in [0.15, 0.2) is 41.6 Å². The minimum atomic E-state index is -2.11. The van der Waals surface area contributed by atoms with Gasteiger partial charge in [0.15, 0.2) is 8.32 Å². The van der Waals surface area contributed by atoms with Crippen molar-refractivity contribution >= 4 is 14.3 Å². The number of carbonyl (C=O) groups is 1. The Balaban J connectivity index is 2.25. The molecule has 29 heavy (non-hydrogen) atoms. The Bertz CT molecular complexity index is 857. The van der Waals surface area contributed by atoms with Crippen LogP contribution in [0, 0.1) is 5.41 Å². The van der Waals surface area contributed by atoms with Gasteiger partial charge in [-0.15, -0.1) is 5.73 Å². The van der Waals surface area contributed by atoms with E-state index in [4.69, 9.17) is 9.16 Å². The monoisotopic (exact) mass is 412 g/mol. The fraction of sp³-hybridized carbons (Fsp3) is 0.600. The summed E-state index contributed by atoms with van der Waals surface area (Å²) >= 11 is 0. The van der Waals surface area contributed by atoms with Crippen LogP contribution >= 0.6 is 0 Å². The Kier molecular flexibility index (Phi) is 5.77. The molecule has 0 radical (unpaired) electrons. The van der Waals surface area contributed by atoms with E-state index in [0.29, 0.717) is 6.61 Å². The number of hydrogen-bond donors (Lipinski definition) is 0. The lowest BCUT2D eigenvalue weighted by molar-refractivity contribution is -0.137. The summed E-state index contributed by atoms with van der Waals surface area (Å²) in [7, 11) is -2.11. The Morgan fingerprint density at radius 1 is 1.28 bits per heavy atom. The van der Waals surface area contributed by atoms with Crippen LogP contribution in [0.4, 0.5) is 0 Å². The van der Waals surface area contributed by atoms with Crippen molar-refractivity contribution in [1.82, 2.24) is 0 Å². The minimum absolute atomic E-state index is 0.0324. The van der Waals surface area contributed by atoms with Gasteiger partial charge in [-0.2, -0.15) is 0 Å². The lowest BCUT2D eigenvalue weighted by atomic mass is 9.62. The number of benzene rings is 1. The lowest BCUT2D eigenvalue weighted by Gasteiger charge is -2.54. The van der Waals surface area contributed by atoms with E-state index in [1.807, 2.05) is 6.92 Å². The average Bonchev–Trinajstić information content (AvgIpc) is 2.87. The molecule has 2 aliphatic carbocycles. The molecule has 0 amide bonds. The molecule has 3 nitrogen and oxygen atoms in total. The van der Waals surface area contributed by atoms with E-state index in [1.54, 1.807) is 0 Å². The molecule has 1 saturated carbocycles. The molecule has 0 aliphatic heterocycles. The van der Waals surface area contributed by atoms with Crippen molar-refractivity contribution in [3.05, 3.63) is 52.8 Å². The highest BCUT2D eigenvalue weighted by Crippen LogP contribution is 2.63. The van der Waals surface area contributed by atoms with Crippen LogP contribution in [0.3, 0.4) is 0 Å². The number of hydrogen-bond acceptors (Lipinski definition) is 3. The molecule has 0 N–H and O–H groups in total. The van der Waals surface area contributed by atoms with Gasteiger partial charge in [-0.1, -0.05) is 52.0 Å². The van der Waals surface area contributed by atoms with Crippen LogP contribution in [0.5, 0.6) is 0 Å². The molecule has 4 heteroatoms. The van der Waals surface area contributed by atoms with E-state index in [0.717, 1.165) is 31.3 Å². The van der Waals surface area contributed by atoms with Crippen LogP contribution in [0.2, 0.25) is 18.1 Å². The zero-order valence-corrected chi connectivity index (χ0v) is 20.1. The lowest BCUT2D eigenvalue weighted by Crippen LogP contribution is -2.55. The van der Waals surface area contributed by atoms with Gasteiger partial charge < -0.3 is 9.16 Å². The van der Waals surface area contributed by atoms with E-state index < -0.39 is 13.9 Å². The van der Waals surface area contributed by atoms with Gasteiger partial charge in [-0.25, -0.2) is 4.79 Å². The van der Waals surface area contributed by atoms with Gasteiger partial charge in [-0.3, -0.25) is 0 Å². The first-order valence-electron chi connectivity index (χ1n) is 10.9. The average molecular weight is 413 g/mol. The van der Waals surface area contributed by atoms with Crippen LogP contribution in [-0.2, 0) is 26.0 Å². The van der Waals surface area contributed by atoms with E-state index in [-0.39, 0.29) is 16.4 Å². The van der Waals surface area contributed by atoms with Crippen LogP contribution in [0.1, 0.15) is 65.0 Å². The fourth-order valence-corrected chi connectivity index (χ4v) is 6.34. The van der Waals surface area contributed by atoms with Crippen LogP contribution in [0.25, 0.3) is 0 Å². The van der Waals surface area contributed by atoms with E-state index in [2.05, 4.69) is 70.8 Å². The molecule has 0 heterocycles. The molecule has 2 aliphatic rings. The number of ether oxygens (including phenoxy) is 1. The molecule has 0 spiro atoms. The summed E-state index contributed by atoms with van der Waals surface area (Å²) in [5.74, 6) is -0.332. The molecule has 0 bridgehead atoms. The number of fused-ring (bicyclic) bond motifs is 3. The minimum Gasteiger partial charge on any atom is -0.462 e. The SMILES string of the molecule is CCOC(=O)C=C=C1CCC[C@]2(C)Cc3ccccc3[C@]12O[Si](C)(C)C(C)(C)C. The van der Waals surface area contributed by atoms with Gasteiger partial charge in [0, 0.05) is 11.0 Å². The first-order chi connectivity index (χ1) is 13.5. The third kappa shape index (κ3) is 3.67. The maximum atomic E-state index is 12.1. The van der Waals surface area contributed by atoms with Crippen molar-refractivity contribution in [3.8, 4) is 0 Å². The molecule has 1 aromatic rings. The van der Waals surface area contributed by atoms with E-state index in [9.17, 15) is 4.79 Å². The van der Waals surface area contributed by atoms with Crippen LogP contribution < -0.4 is 0 Å². The molecule has 1 aromatic carbocycles. The highest BCUT2D eigenvalue weighted by molar-refractivity contribution is 6.74. The molecule has 3 rings (SSSR count). The molecule has 0 saturated heterocycles. The predicted molar refractivity (Wildman–Crippen MR) is 120 cm³/mol. The highest BCUT2D eigenvalue weighted by atomic mass is 28.4. The predicted octanol–water partition coefficient (Wildman–Crippen LogP) is 6.29. The summed E-state index contributed by atoms with van der Waals surface area (Å²) in [5.41, 5.74) is 6.56. The zero-order valence-electron chi connectivity index (χ0n) is 19.1. The maximum absolute atomic E-state index is 12.1. The van der Waals surface area contributed by atoms with Gasteiger partial charge in [0.25, 0.3) is 0 Å². The third-order valence-corrected chi connectivity index (χ3v) is 11.7. The zero-order chi connectivity index (χ0) is 21.5. The standard InChI is InChI=1S/C25H36O3Si/c1-8-27-22(26)16-15-20-13-11-17-24(5)18-19-12-9-10-14-21(19)25(20,24)28-29(6,7)23(2,3)4/h9-10,12,14,16H,8,11,13,17-18H2,1-7H3/t15?,24-,25-/m1/s1.